The zero-order chi connectivity index (χ0) is 16.4. The van der Waals surface area contributed by atoms with E-state index in [0.29, 0.717) is 23.7 Å². The molecule has 0 saturated heterocycles. The quantitative estimate of drug-likeness (QED) is 0.713. The van der Waals surface area contributed by atoms with Crippen molar-refractivity contribution in [2.75, 3.05) is 0 Å². The average molecular weight is 319 g/mol. The molecule has 4 aliphatic rings. The monoisotopic (exact) mass is 318 g/mol. The van der Waals surface area contributed by atoms with Crippen LogP contribution in [0.4, 0.5) is 0 Å². The third kappa shape index (κ3) is 2.07. The predicted octanol–water partition coefficient (Wildman–Crippen LogP) is 4.16. The molecule has 0 aromatic rings. The van der Waals surface area contributed by atoms with E-state index in [0.717, 1.165) is 18.8 Å². The Hall–Kier alpha value is -0.340. The van der Waals surface area contributed by atoms with Gasteiger partial charge in [-0.15, -0.1) is 0 Å². The Morgan fingerprint density at radius 1 is 1.00 bits per heavy atom. The highest BCUT2D eigenvalue weighted by atomic mass is 16.3. The van der Waals surface area contributed by atoms with Crippen molar-refractivity contribution < 1.29 is 10.2 Å². The minimum atomic E-state index is -0.251. The molecule has 4 aliphatic carbocycles. The summed E-state index contributed by atoms with van der Waals surface area (Å²) in [5, 5.41) is 21.2. The Bertz CT molecular complexity index is 500. The molecule has 9 atom stereocenters. The van der Waals surface area contributed by atoms with Crippen LogP contribution in [0.2, 0.25) is 0 Å². The molecule has 0 aromatic heterocycles. The Balaban J connectivity index is 1.69. The van der Waals surface area contributed by atoms with E-state index >= 15 is 0 Å². The molecule has 3 unspecified atom stereocenters. The van der Waals surface area contributed by atoms with E-state index in [1.165, 1.54) is 32.1 Å². The number of fused-ring (bicyclic) bond motifs is 5. The Kier molecular flexibility index (Phi) is 3.74. The third-order valence-electron chi connectivity index (χ3n) is 8.96. The molecular formula is C21H34O2. The van der Waals surface area contributed by atoms with Gasteiger partial charge in [0.05, 0.1) is 12.2 Å². The van der Waals surface area contributed by atoms with Crippen LogP contribution in [0.15, 0.2) is 12.2 Å². The van der Waals surface area contributed by atoms with Crippen LogP contribution in [0, 0.1) is 40.4 Å². The fourth-order valence-electron chi connectivity index (χ4n) is 7.54. The van der Waals surface area contributed by atoms with E-state index in [4.69, 9.17) is 0 Å². The van der Waals surface area contributed by atoms with Crippen LogP contribution in [0.3, 0.4) is 0 Å². The van der Waals surface area contributed by atoms with Crippen LogP contribution in [-0.2, 0) is 0 Å². The highest BCUT2D eigenvalue weighted by molar-refractivity contribution is 5.18. The van der Waals surface area contributed by atoms with Crippen molar-refractivity contribution in [1.82, 2.24) is 0 Å². The first-order valence-electron chi connectivity index (χ1n) is 9.96. The lowest BCUT2D eigenvalue weighted by molar-refractivity contribution is -0.149. The standard InChI is InChI=1S/C21H34O2/c1-4-13-6-8-17-16-7-5-14-11-15(22)9-10-20(14,2)18(16)12-19(23)21(13,17)3/h9-10,13-19,22-23H,4-8,11-12H2,1-3H3/t13-,14?,15?,16-,17-,18-,19?,20-,21+/m0/s1. The third-order valence-corrected chi connectivity index (χ3v) is 8.96. The van der Waals surface area contributed by atoms with Crippen molar-refractivity contribution in [2.45, 2.75) is 77.9 Å². The molecule has 2 nitrogen and oxygen atoms in total. The van der Waals surface area contributed by atoms with Gasteiger partial charge in [0.2, 0.25) is 0 Å². The van der Waals surface area contributed by atoms with Crippen molar-refractivity contribution >= 4 is 0 Å². The smallest absolute Gasteiger partial charge is 0.0724 e. The summed E-state index contributed by atoms with van der Waals surface area (Å²) in [5.74, 6) is 3.40. The molecule has 0 aliphatic heterocycles. The first-order chi connectivity index (χ1) is 10.9. The summed E-state index contributed by atoms with van der Waals surface area (Å²) in [7, 11) is 0. The van der Waals surface area contributed by atoms with Gasteiger partial charge in [0.25, 0.3) is 0 Å². The van der Waals surface area contributed by atoms with E-state index in [1.807, 2.05) is 6.08 Å². The van der Waals surface area contributed by atoms with Crippen LogP contribution in [-0.4, -0.2) is 22.4 Å². The molecule has 2 N–H and O–H groups in total. The van der Waals surface area contributed by atoms with E-state index in [1.54, 1.807) is 0 Å². The van der Waals surface area contributed by atoms with Gasteiger partial charge >= 0.3 is 0 Å². The van der Waals surface area contributed by atoms with Crippen LogP contribution in [0.25, 0.3) is 0 Å². The highest BCUT2D eigenvalue weighted by Gasteiger charge is 2.62. The zero-order valence-corrected chi connectivity index (χ0v) is 15.0. The van der Waals surface area contributed by atoms with E-state index in [2.05, 4.69) is 26.8 Å². The fourth-order valence-corrected chi connectivity index (χ4v) is 7.54. The molecule has 0 radical (unpaired) electrons. The van der Waals surface area contributed by atoms with Crippen LogP contribution >= 0.6 is 0 Å². The van der Waals surface area contributed by atoms with Crippen molar-refractivity contribution in [2.24, 2.45) is 40.4 Å². The lowest BCUT2D eigenvalue weighted by Gasteiger charge is -2.60. The Morgan fingerprint density at radius 3 is 2.52 bits per heavy atom. The van der Waals surface area contributed by atoms with Gasteiger partial charge in [0, 0.05) is 0 Å². The molecule has 0 amide bonds. The topological polar surface area (TPSA) is 40.5 Å². The summed E-state index contributed by atoms with van der Waals surface area (Å²) in [6.45, 7) is 7.12. The second kappa shape index (κ2) is 5.33. The van der Waals surface area contributed by atoms with Crippen LogP contribution in [0.5, 0.6) is 0 Å². The van der Waals surface area contributed by atoms with Gasteiger partial charge in [0.15, 0.2) is 0 Å². The predicted molar refractivity (Wildman–Crippen MR) is 92.8 cm³/mol. The second-order valence-electron chi connectivity index (χ2n) is 9.48. The largest absolute Gasteiger partial charge is 0.393 e. The Morgan fingerprint density at radius 2 is 1.78 bits per heavy atom. The van der Waals surface area contributed by atoms with Crippen molar-refractivity contribution in [3.8, 4) is 0 Å². The van der Waals surface area contributed by atoms with Crippen LogP contribution < -0.4 is 0 Å². The summed E-state index contributed by atoms with van der Waals surface area (Å²) < 4.78 is 0. The SMILES string of the molecule is CC[C@H]1CC[C@H]2[C@@H]3CCC4CC(O)C=C[C@]4(C)[C@H]3CC(O)[C@]12C. The van der Waals surface area contributed by atoms with Gasteiger partial charge in [-0.25, -0.2) is 0 Å². The summed E-state index contributed by atoms with van der Waals surface area (Å²) in [5.41, 5.74) is 0.339. The summed E-state index contributed by atoms with van der Waals surface area (Å²) in [6, 6.07) is 0. The molecule has 3 saturated carbocycles. The first-order valence-corrected chi connectivity index (χ1v) is 9.96. The lowest BCUT2D eigenvalue weighted by atomic mass is 9.45. The number of hydrogen-bond donors (Lipinski definition) is 2. The number of allylic oxidation sites excluding steroid dienone is 1. The molecule has 0 aromatic carbocycles. The number of rotatable bonds is 1. The molecule has 3 fully saturated rings. The second-order valence-corrected chi connectivity index (χ2v) is 9.48. The van der Waals surface area contributed by atoms with Gasteiger partial charge in [-0.1, -0.05) is 39.3 Å². The summed E-state index contributed by atoms with van der Waals surface area (Å²) in [6.07, 6.45) is 12.3. The normalized spacial score (nSPS) is 58.4. The van der Waals surface area contributed by atoms with Gasteiger partial charge in [0.1, 0.15) is 0 Å². The minimum absolute atomic E-state index is 0.142. The maximum absolute atomic E-state index is 11.2. The Labute approximate surface area is 141 Å². The lowest BCUT2D eigenvalue weighted by Crippen LogP contribution is -2.57. The summed E-state index contributed by atoms with van der Waals surface area (Å²) in [4.78, 5) is 0. The van der Waals surface area contributed by atoms with Crippen molar-refractivity contribution in [1.29, 1.82) is 0 Å². The first kappa shape index (κ1) is 16.1. The highest BCUT2D eigenvalue weighted by Crippen LogP contribution is 2.66. The number of hydrogen-bond acceptors (Lipinski definition) is 2. The maximum Gasteiger partial charge on any atom is 0.0724 e. The van der Waals surface area contributed by atoms with E-state index in [9.17, 15) is 10.2 Å². The molecule has 0 bridgehead atoms. The van der Waals surface area contributed by atoms with Gasteiger partial charge in [-0.2, -0.15) is 0 Å². The van der Waals surface area contributed by atoms with Gasteiger partial charge < -0.3 is 10.2 Å². The summed E-state index contributed by atoms with van der Waals surface area (Å²) >= 11 is 0. The molecule has 130 valence electrons. The zero-order valence-electron chi connectivity index (χ0n) is 15.0. The molecule has 2 heteroatoms. The van der Waals surface area contributed by atoms with Crippen LogP contribution in [0.1, 0.15) is 65.7 Å². The molecular weight excluding hydrogens is 284 g/mol. The van der Waals surface area contributed by atoms with E-state index in [-0.39, 0.29) is 23.0 Å². The number of aliphatic hydroxyl groups is 2. The molecule has 0 heterocycles. The number of aliphatic hydroxyl groups excluding tert-OH is 2. The van der Waals surface area contributed by atoms with Crippen molar-refractivity contribution in [3.05, 3.63) is 12.2 Å². The minimum Gasteiger partial charge on any atom is -0.393 e. The van der Waals surface area contributed by atoms with Gasteiger partial charge in [-0.05, 0) is 78.9 Å². The molecule has 0 spiro atoms. The van der Waals surface area contributed by atoms with E-state index < -0.39 is 0 Å². The van der Waals surface area contributed by atoms with Crippen molar-refractivity contribution in [3.63, 3.8) is 0 Å². The van der Waals surface area contributed by atoms with Gasteiger partial charge in [-0.3, -0.25) is 0 Å². The average Bonchev–Trinajstić information content (AvgIpc) is 2.87. The maximum atomic E-state index is 11.2. The fraction of sp³-hybridized carbons (Fsp3) is 0.905. The molecule has 4 rings (SSSR count). The molecule has 23 heavy (non-hydrogen) atoms.